The molecule has 2 aromatic heterocycles. The first-order valence-corrected chi connectivity index (χ1v) is 7.97. The lowest BCUT2D eigenvalue weighted by molar-refractivity contribution is 0.470. The second kappa shape index (κ2) is 6.04. The first-order valence-electron chi connectivity index (χ1n) is 5.69. The lowest BCUT2D eigenvalue weighted by Crippen LogP contribution is -2.23. The molecule has 0 aliphatic rings. The molecule has 2 N–H and O–H groups in total. The summed E-state index contributed by atoms with van der Waals surface area (Å²) in [6.45, 7) is 0.456. The third-order valence-corrected chi connectivity index (χ3v) is 4.67. The number of furan rings is 1. The molecule has 0 saturated carbocycles. The summed E-state index contributed by atoms with van der Waals surface area (Å²) >= 11 is 3.10. The zero-order valence-corrected chi connectivity index (χ0v) is 13.3. The minimum atomic E-state index is -3.69. The Bertz CT molecular complexity index is 694. The molecule has 0 fully saturated rings. The molecule has 0 amide bonds. The smallest absolute Gasteiger partial charge is 0.245 e. The average molecular weight is 364 g/mol. The Labute approximate surface area is 124 Å². The van der Waals surface area contributed by atoms with Gasteiger partial charge >= 0.3 is 0 Å². The fourth-order valence-electron chi connectivity index (χ4n) is 1.54. The van der Waals surface area contributed by atoms with Gasteiger partial charge in [-0.3, -0.25) is 4.68 Å². The van der Waals surface area contributed by atoms with Crippen LogP contribution in [0.1, 0.15) is 11.6 Å². The van der Waals surface area contributed by atoms with Gasteiger partial charge in [0.1, 0.15) is 17.0 Å². The number of hydrogen-bond acceptors (Lipinski definition) is 6. The van der Waals surface area contributed by atoms with E-state index in [9.17, 15) is 8.42 Å². The molecule has 0 spiro atoms. The van der Waals surface area contributed by atoms with E-state index in [0.717, 1.165) is 0 Å². The van der Waals surface area contributed by atoms with Gasteiger partial charge in [-0.1, -0.05) is 0 Å². The van der Waals surface area contributed by atoms with Gasteiger partial charge in [0.15, 0.2) is 10.5 Å². The van der Waals surface area contributed by atoms with Crippen molar-refractivity contribution in [2.45, 2.75) is 18.0 Å². The van der Waals surface area contributed by atoms with Gasteiger partial charge in [-0.15, -0.1) is 0 Å². The third-order valence-electron chi connectivity index (χ3n) is 2.41. The van der Waals surface area contributed by atoms with Gasteiger partial charge in [-0.05, 0) is 23.0 Å². The van der Waals surface area contributed by atoms with Gasteiger partial charge in [0.05, 0.1) is 13.1 Å². The van der Waals surface area contributed by atoms with E-state index in [1.165, 1.54) is 17.1 Å². The second-order valence-corrected chi connectivity index (χ2v) is 6.50. The second-order valence-electron chi connectivity index (χ2n) is 4.04. The van der Waals surface area contributed by atoms with E-state index in [0.29, 0.717) is 18.1 Å². The maximum absolute atomic E-state index is 12.2. The fraction of sp³-hybridized carbons (Fsp3) is 0.400. The Morgan fingerprint density at radius 3 is 2.80 bits per heavy atom. The number of aryl methyl sites for hydroxylation is 1. The van der Waals surface area contributed by atoms with Crippen molar-refractivity contribution in [3.05, 3.63) is 28.6 Å². The summed E-state index contributed by atoms with van der Waals surface area (Å²) in [4.78, 5) is 4.00. The molecule has 0 saturated heterocycles. The zero-order valence-electron chi connectivity index (χ0n) is 10.9. The molecule has 20 heavy (non-hydrogen) atoms. The van der Waals surface area contributed by atoms with Crippen LogP contribution in [0.15, 0.2) is 26.4 Å². The highest BCUT2D eigenvalue weighted by Crippen LogP contribution is 2.26. The molecule has 10 heteroatoms. The summed E-state index contributed by atoms with van der Waals surface area (Å²) in [6.07, 6.45) is 1.50. The van der Waals surface area contributed by atoms with Crippen molar-refractivity contribution in [3.63, 3.8) is 0 Å². The Morgan fingerprint density at radius 1 is 1.45 bits per heavy atom. The molecule has 0 radical (unpaired) electrons. The molecule has 110 valence electrons. The molecule has 0 aliphatic carbocycles. The molecule has 8 nitrogen and oxygen atoms in total. The molecule has 0 atom stereocenters. The Kier molecular flexibility index (Phi) is 4.58. The van der Waals surface area contributed by atoms with Crippen LogP contribution in [0.25, 0.3) is 0 Å². The molecule has 2 rings (SSSR count). The number of sulfonamides is 1. The predicted octanol–water partition coefficient (Wildman–Crippen LogP) is 0.368. The number of nitrogens with zero attached hydrogens (tertiary/aromatic N) is 3. The van der Waals surface area contributed by atoms with E-state index in [-0.39, 0.29) is 16.1 Å². The van der Waals surface area contributed by atoms with Crippen LogP contribution in [0.5, 0.6) is 0 Å². The van der Waals surface area contributed by atoms with Crippen molar-refractivity contribution in [1.29, 1.82) is 0 Å². The van der Waals surface area contributed by atoms with E-state index < -0.39 is 10.0 Å². The maximum atomic E-state index is 12.2. The van der Waals surface area contributed by atoms with Gasteiger partial charge in [0.2, 0.25) is 10.0 Å². The summed E-state index contributed by atoms with van der Waals surface area (Å²) in [5, 5.41) is 6.88. The lowest BCUT2D eigenvalue weighted by atomic mass is 10.4. The van der Waals surface area contributed by atoms with E-state index in [2.05, 4.69) is 36.1 Å². The summed E-state index contributed by atoms with van der Waals surface area (Å²) < 4.78 is 33.7. The Balaban J connectivity index is 2.13. The van der Waals surface area contributed by atoms with Gasteiger partial charge in [0, 0.05) is 13.1 Å². The van der Waals surface area contributed by atoms with E-state index in [4.69, 9.17) is 4.42 Å². The molecule has 0 aromatic carbocycles. The Morgan fingerprint density at radius 2 is 2.20 bits per heavy atom. The number of aromatic nitrogens is 3. The first-order chi connectivity index (χ1) is 9.42. The van der Waals surface area contributed by atoms with Crippen LogP contribution in [-0.2, 0) is 30.2 Å². The van der Waals surface area contributed by atoms with E-state index >= 15 is 0 Å². The normalized spacial score (nSPS) is 11.9. The molecular formula is C10H14BrN5O3S. The van der Waals surface area contributed by atoms with Crippen LogP contribution in [0, 0.1) is 0 Å². The van der Waals surface area contributed by atoms with Crippen molar-refractivity contribution in [3.8, 4) is 0 Å². The van der Waals surface area contributed by atoms with Gasteiger partial charge < -0.3 is 9.73 Å². The first kappa shape index (κ1) is 15.2. The zero-order chi connectivity index (χ0) is 14.8. The van der Waals surface area contributed by atoms with Gasteiger partial charge in [-0.25, -0.2) is 18.1 Å². The predicted molar refractivity (Wildman–Crippen MR) is 74.2 cm³/mol. The monoisotopic (exact) mass is 363 g/mol. The minimum absolute atomic E-state index is 0.0160. The molecule has 0 unspecified atom stereocenters. The topological polar surface area (TPSA) is 102 Å². The number of nitrogens with one attached hydrogen (secondary N) is 2. The van der Waals surface area contributed by atoms with Crippen molar-refractivity contribution in [1.82, 2.24) is 24.8 Å². The number of halogens is 1. The van der Waals surface area contributed by atoms with Crippen molar-refractivity contribution in [2.75, 3.05) is 7.05 Å². The summed E-state index contributed by atoms with van der Waals surface area (Å²) in [7, 11) is -0.229. The Hall–Kier alpha value is -1.23. The van der Waals surface area contributed by atoms with Crippen molar-refractivity contribution in [2.24, 2.45) is 7.05 Å². The number of rotatable bonds is 6. The lowest BCUT2D eigenvalue weighted by Gasteiger charge is -2.02. The summed E-state index contributed by atoms with van der Waals surface area (Å²) in [5.74, 6) is 0.918. The maximum Gasteiger partial charge on any atom is 0.245 e. The van der Waals surface area contributed by atoms with E-state index in [1.54, 1.807) is 14.1 Å². The van der Waals surface area contributed by atoms with Crippen molar-refractivity contribution >= 4 is 26.0 Å². The van der Waals surface area contributed by atoms with Crippen LogP contribution in [0.2, 0.25) is 0 Å². The van der Waals surface area contributed by atoms with Crippen LogP contribution in [-0.4, -0.2) is 30.2 Å². The molecule has 2 heterocycles. The van der Waals surface area contributed by atoms with Crippen molar-refractivity contribution < 1.29 is 12.8 Å². The van der Waals surface area contributed by atoms with Crippen LogP contribution >= 0.6 is 15.9 Å². The highest BCUT2D eigenvalue weighted by atomic mass is 79.9. The average Bonchev–Trinajstić information content (AvgIpc) is 2.94. The highest BCUT2D eigenvalue weighted by Gasteiger charge is 2.22. The van der Waals surface area contributed by atoms with Crippen LogP contribution < -0.4 is 10.0 Å². The van der Waals surface area contributed by atoms with Crippen LogP contribution in [0.3, 0.4) is 0 Å². The molecule has 0 bridgehead atoms. The summed E-state index contributed by atoms with van der Waals surface area (Å²) in [6, 6.07) is 1.47. The molecule has 0 aliphatic heterocycles. The van der Waals surface area contributed by atoms with Gasteiger partial charge in [-0.2, -0.15) is 5.10 Å². The largest absolute Gasteiger partial charge is 0.452 e. The minimum Gasteiger partial charge on any atom is -0.452 e. The number of hydrogen-bond donors (Lipinski definition) is 2. The highest BCUT2D eigenvalue weighted by molar-refractivity contribution is 9.10. The van der Waals surface area contributed by atoms with Gasteiger partial charge in [0.25, 0.3) is 0 Å². The fourth-order valence-corrected chi connectivity index (χ4v) is 3.52. The van der Waals surface area contributed by atoms with E-state index in [1.807, 2.05) is 0 Å². The quantitative estimate of drug-likeness (QED) is 0.768. The third kappa shape index (κ3) is 3.45. The van der Waals surface area contributed by atoms with Crippen LogP contribution in [0.4, 0.5) is 0 Å². The SMILES string of the molecule is CNCc1cc(S(=O)(=O)NCc2ncn(C)n2)c(Br)o1. The summed E-state index contributed by atoms with van der Waals surface area (Å²) in [5.41, 5.74) is 0. The molecule has 2 aromatic rings. The standard InChI is InChI=1S/C10H14BrN5O3S/c1-12-4-7-3-8(10(11)19-7)20(17,18)14-5-9-13-6-16(2)15-9/h3,6,12,14H,4-5H2,1-2H3. The molecular weight excluding hydrogens is 350 g/mol.